The number of rotatable bonds is 4. The SMILES string of the molecule is Cc1ccsc1CCNC(=O)C(C)(C)C#N. The highest BCUT2D eigenvalue weighted by Crippen LogP contribution is 2.16. The summed E-state index contributed by atoms with van der Waals surface area (Å²) in [4.78, 5) is 12.9. The first-order chi connectivity index (χ1) is 7.47. The second-order valence-corrected chi connectivity index (χ2v) is 5.27. The number of nitrogens with one attached hydrogen (secondary N) is 1. The Labute approximate surface area is 100 Å². The number of hydrogen-bond donors (Lipinski definition) is 1. The van der Waals surface area contributed by atoms with Crippen molar-refractivity contribution in [3.63, 3.8) is 0 Å². The maximum Gasteiger partial charge on any atom is 0.239 e. The van der Waals surface area contributed by atoms with Crippen LogP contribution in [0, 0.1) is 23.7 Å². The van der Waals surface area contributed by atoms with Gasteiger partial charge in [-0.1, -0.05) is 0 Å². The van der Waals surface area contributed by atoms with Crippen LogP contribution in [-0.2, 0) is 11.2 Å². The predicted molar refractivity (Wildman–Crippen MR) is 65.2 cm³/mol. The molecule has 0 aliphatic rings. The largest absolute Gasteiger partial charge is 0.354 e. The molecule has 0 atom stereocenters. The smallest absolute Gasteiger partial charge is 0.239 e. The van der Waals surface area contributed by atoms with Crippen molar-refractivity contribution in [2.45, 2.75) is 27.2 Å². The summed E-state index contributed by atoms with van der Waals surface area (Å²) in [5, 5.41) is 13.6. The average Bonchev–Trinajstić information content (AvgIpc) is 2.64. The fourth-order valence-electron chi connectivity index (χ4n) is 1.22. The van der Waals surface area contributed by atoms with E-state index in [0.717, 1.165) is 6.42 Å². The molecule has 16 heavy (non-hydrogen) atoms. The number of nitrogens with zero attached hydrogens (tertiary/aromatic N) is 1. The first-order valence-corrected chi connectivity index (χ1v) is 6.08. The lowest BCUT2D eigenvalue weighted by Crippen LogP contribution is -2.36. The van der Waals surface area contributed by atoms with Gasteiger partial charge < -0.3 is 5.32 Å². The molecule has 0 radical (unpaired) electrons. The van der Waals surface area contributed by atoms with Crippen LogP contribution in [0.4, 0.5) is 0 Å². The lowest BCUT2D eigenvalue weighted by molar-refractivity contribution is -0.126. The van der Waals surface area contributed by atoms with Gasteiger partial charge in [-0.3, -0.25) is 4.79 Å². The highest BCUT2D eigenvalue weighted by Gasteiger charge is 2.26. The molecule has 3 nitrogen and oxygen atoms in total. The van der Waals surface area contributed by atoms with Crippen molar-refractivity contribution in [3.05, 3.63) is 21.9 Å². The first-order valence-electron chi connectivity index (χ1n) is 5.20. The molecule has 0 aliphatic heterocycles. The molecule has 0 aromatic carbocycles. The summed E-state index contributed by atoms with van der Waals surface area (Å²) < 4.78 is 0. The molecule has 0 spiro atoms. The summed E-state index contributed by atoms with van der Waals surface area (Å²) in [5.41, 5.74) is 0.323. The van der Waals surface area contributed by atoms with Gasteiger partial charge in [0, 0.05) is 11.4 Å². The van der Waals surface area contributed by atoms with Crippen LogP contribution in [0.1, 0.15) is 24.3 Å². The van der Waals surface area contributed by atoms with Gasteiger partial charge in [0.25, 0.3) is 0 Å². The van der Waals surface area contributed by atoms with Gasteiger partial charge in [-0.25, -0.2) is 0 Å². The Morgan fingerprint density at radius 2 is 2.31 bits per heavy atom. The highest BCUT2D eigenvalue weighted by molar-refractivity contribution is 7.10. The normalized spacial score (nSPS) is 10.9. The zero-order chi connectivity index (χ0) is 12.2. The van der Waals surface area contributed by atoms with Gasteiger partial charge in [0.1, 0.15) is 5.41 Å². The molecule has 86 valence electrons. The summed E-state index contributed by atoms with van der Waals surface area (Å²) in [5.74, 6) is -0.204. The van der Waals surface area contributed by atoms with Gasteiger partial charge in [-0.2, -0.15) is 5.26 Å². The van der Waals surface area contributed by atoms with Crippen LogP contribution >= 0.6 is 11.3 Å². The third-order valence-electron chi connectivity index (χ3n) is 2.45. The Balaban J connectivity index is 2.41. The average molecular weight is 236 g/mol. The summed E-state index contributed by atoms with van der Waals surface area (Å²) in [7, 11) is 0. The minimum absolute atomic E-state index is 0.204. The molecule has 1 amide bonds. The number of carbonyl (C=O) groups is 1. The van der Waals surface area contributed by atoms with Crippen molar-refractivity contribution >= 4 is 17.2 Å². The van der Waals surface area contributed by atoms with Crippen molar-refractivity contribution in [1.82, 2.24) is 5.32 Å². The minimum atomic E-state index is -0.940. The summed E-state index contributed by atoms with van der Waals surface area (Å²) in [6, 6.07) is 4.06. The molecule has 4 heteroatoms. The quantitative estimate of drug-likeness (QED) is 0.871. The van der Waals surface area contributed by atoms with E-state index in [-0.39, 0.29) is 5.91 Å². The molecule has 0 saturated heterocycles. The molecule has 0 bridgehead atoms. The van der Waals surface area contributed by atoms with Gasteiger partial charge in [0.2, 0.25) is 5.91 Å². The lowest BCUT2D eigenvalue weighted by atomic mass is 9.95. The van der Waals surface area contributed by atoms with E-state index in [1.165, 1.54) is 10.4 Å². The van der Waals surface area contributed by atoms with E-state index in [1.54, 1.807) is 25.2 Å². The molecule has 0 fully saturated rings. The van der Waals surface area contributed by atoms with Crippen molar-refractivity contribution in [2.24, 2.45) is 5.41 Å². The number of hydrogen-bond acceptors (Lipinski definition) is 3. The maximum atomic E-state index is 11.6. The summed E-state index contributed by atoms with van der Waals surface area (Å²) >= 11 is 1.70. The van der Waals surface area contributed by atoms with E-state index in [0.29, 0.717) is 6.54 Å². The number of amides is 1. The third-order valence-corrected chi connectivity index (χ3v) is 3.54. The molecule has 0 aliphatic carbocycles. The van der Waals surface area contributed by atoms with Gasteiger partial charge >= 0.3 is 0 Å². The monoisotopic (exact) mass is 236 g/mol. The molecular formula is C12H16N2OS. The topological polar surface area (TPSA) is 52.9 Å². The standard InChI is InChI=1S/C12H16N2OS/c1-9-5-7-16-10(9)4-6-14-11(15)12(2,3)8-13/h5,7H,4,6H2,1-3H3,(H,14,15). The van der Waals surface area contributed by atoms with E-state index in [1.807, 2.05) is 11.4 Å². The Bertz CT molecular complexity index is 415. The maximum absolute atomic E-state index is 11.6. The number of nitriles is 1. The Morgan fingerprint density at radius 1 is 1.62 bits per heavy atom. The van der Waals surface area contributed by atoms with E-state index in [9.17, 15) is 4.79 Å². The predicted octanol–water partition coefficient (Wildman–Crippen LogP) is 2.26. The Hall–Kier alpha value is -1.34. The second-order valence-electron chi connectivity index (χ2n) is 4.27. The van der Waals surface area contributed by atoms with Crippen LogP contribution in [0.3, 0.4) is 0 Å². The first kappa shape index (κ1) is 12.7. The third kappa shape index (κ3) is 3.07. The molecule has 1 heterocycles. The van der Waals surface area contributed by atoms with Crippen LogP contribution in [0.15, 0.2) is 11.4 Å². The van der Waals surface area contributed by atoms with Crippen LogP contribution in [0.5, 0.6) is 0 Å². The molecule has 0 unspecified atom stereocenters. The molecule has 0 saturated carbocycles. The Morgan fingerprint density at radius 3 is 2.81 bits per heavy atom. The van der Waals surface area contributed by atoms with Crippen LogP contribution in [-0.4, -0.2) is 12.5 Å². The second kappa shape index (κ2) is 5.13. The van der Waals surface area contributed by atoms with E-state index >= 15 is 0 Å². The minimum Gasteiger partial charge on any atom is -0.354 e. The Kier molecular flexibility index (Phi) is 4.08. The fraction of sp³-hybridized carbons (Fsp3) is 0.500. The molecule has 1 rings (SSSR count). The summed E-state index contributed by atoms with van der Waals surface area (Å²) in [6.07, 6.45) is 0.830. The molecule has 1 N–H and O–H groups in total. The number of carbonyl (C=O) groups excluding carboxylic acids is 1. The zero-order valence-electron chi connectivity index (χ0n) is 9.83. The van der Waals surface area contributed by atoms with Gasteiger partial charge in [0.05, 0.1) is 6.07 Å². The highest BCUT2D eigenvalue weighted by atomic mass is 32.1. The van der Waals surface area contributed by atoms with Crippen molar-refractivity contribution in [2.75, 3.05) is 6.54 Å². The van der Waals surface area contributed by atoms with E-state index in [4.69, 9.17) is 5.26 Å². The zero-order valence-corrected chi connectivity index (χ0v) is 10.6. The van der Waals surface area contributed by atoms with Gasteiger partial charge in [0.15, 0.2) is 0 Å². The van der Waals surface area contributed by atoms with E-state index < -0.39 is 5.41 Å². The van der Waals surface area contributed by atoms with Crippen LogP contribution < -0.4 is 5.32 Å². The lowest BCUT2D eigenvalue weighted by Gasteiger charge is -2.14. The number of thiophene rings is 1. The summed E-state index contributed by atoms with van der Waals surface area (Å²) in [6.45, 7) is 5.90. The van der Waals surface area contributed by atoms with Crippen molar-refractivity contribution in [3.8, 4) is 6.07 Å². The van der Waals surface area contributed by atoms with Crippen molar-refractivity contribution in [1.29, 1.82) is 5.26 Å². The van der Waals surface area contributed by atoms with Crippen LogP contribution in [0.2, 0.25) is 0 Å². The van der Waals surface area contributed by atoms with Crippen molar-refractivity contribution < 1.29 is 4.79 Å². The molecule has 1 aromatic rings. The van der Waals surface area contributed by atoms with Crippen LogP contribution in [0.25, 0.3) is 0 Å². The number of aryl methyl sites for hydroxylation is 1. The molecular weight excluding hydrogens is 220 g/mol. The fourth-order valence-corrected chi connectivity index (χ4v) is 2.13. The van der Waals surface area contributed by atoms with Gasteiger partial charge in [-0.05, 0) is 44.2 Å². The van der Waals surface area contributed by atoms with Gasteiger partial charge in [-0.15, -0.1) is 11.3 Å². The van der Waals surface area contributed by atoms with E-state index in [2.05, 4.69) is 18.3 Å². The molecule has 1 aromatic heterocycles.